The summed E-state index contributed by atoms with van der Waals surface area (Å²) in [6, 6.07) is -0.0391. The number of rotatable bonds is 1. The molecule has 1 heteroatoms. The van der Waals surface area contributed by atoms with E-state index in [1.165, 1.54) is 32.1 Å². The summed E-state index contributed by atoms with van der Waals surface area (Å²) in [4.78, 5) is 0. The van der Waals surface area contributed by atoms with Crippen molar-refractivity contribution in [3.8, 4) is 12.3 Å². The van der Waals surface area contributed by atoms with Crippen LogP contribution in [0.2, 0.25) is 0 Å². The molecule has 0 aromatic rings. The van der Waals surface area contributed by atoms with E-state index in [1.54, 1.807) is 0 Å². The Hall–Kier alpha value is -0.480. The zero-order valence-electron chi connectivity index (χ0n) is 7.27. The fourth-order valence-electron chi connectivity index (χ4n) is 1.87. The van der Waals surface area contributed by atoms with Crippen molar-refractivity contribution < 1.29 is 0 Å². The molecule has 0 amide bonds. The lowest BCUT2D eigenvalue weighted by atomic mass is 9.71. The molecule has 1 atom stereocenters. The zero-order chi connectivity index (χ0) is 8.32. The SMILES string of the molecule is C#CC(N)C1(C)CCCCC1. The summed E-state index contributed by atoms with van der Waals surface area (Å²) >= 11 is 0. The summed E-state index contributed by atoms with van der Waals surface area (Å²) in [5.41, 5.74) is 6.07. The molecule has 1 rings (SSSR count). The van der Waals surface area contributed by atoms with Crippen LogP contribution in [0.25, 0.3) is 0 Å². The molecule has 1 aliphatic rings. The minimum absolute atomic E-state index is 0.0391. The van der Waals surface area contributed by atoms with Gasteiger partial charge in [0.05, 0.1) is 6.04 Å². The lowest BCUT2D eigenvalue weighted by Crippen LogP contribution is -2.39. The Labute approximate surface area is 69.4 Å². The van der Waals surface area contributed by atoms with E-state index in [9.17, 15) is 0 Å². The van der Waals surface area contributed by atoms with Crippen molar-refractivity contribution in [3.63, 3.8) is 0 Å². The number of hydrogen-bond acceptors (Lipinski definition) is 1. The molecule has 1 fully saturated rings. The number of nitrogens with two attached hydrogens (primary N) is 1. The second kappa shape index (κ2) is 3.28. The third-order valence-corrected chi connectivity index (χ3v) is 2.93. The standard InChI is InChI=1S/C10H17N/c1-3-9(11)10(2)7-5-4-6-8-10/h1,9H,4-8,11H2,2H3. The van der Waals surface area contributed by atoms with Gasteiger partial charge in [-0.3, -0.25) is 0 Å². The van der Waals surface area contributed by atoms with E-state index in [4.69, 9.17) is 12.2 Å². The zero-order valence-corrected chi connectivity index (χ0v) is 7.27. The van der Waals surface area contributed by atoms with E-state index < -0.39 is 0 Å². The van der Waals surface area contributed by atoms with Gasteiger partial charge in [0, 0.05) is 0 Å². The van der Waals surface area contributed by atoms with Crippen molar-refractivity contribution in [2.24, 2.45) is 11.1 Å². The molecule has 0 bridgehead atoms. The molecule has 1 unspecified atom stereocenters. The summed E-state index contributed by atoms with van der Waals surface area (Å²) < 4.78 is 0. The average molecular weight is 151 g/mol. The van der Waals surface area contributed by atoms with E-state index >= 15 is 0 Å². The van der Waals surface area contributed by atoms with Crippen molar-refractivity contribution in [1.29, 1.82) is 0 Å². The molecule has 62 valence electrons. The second-order valence-corrected chi connectivity index (χ2v) is 3.86. The van der Waals surface area contributed by atoms with Crippen LogP contribution in [0.4, 0.5) is 0 Å². The van der Waals surface area contributed by atoms with Crippen LogP contribution in [-0.2, 0) is 0 Å². The Morgan fingerprint density at radius 3 is 2.36 bits per heavy atom. The molecular weight excluding hydrogens is 134 g/mol. The van der Waals surface area contributed by atoms with Gasteiger partial charge in [-0.05, 0) is 18.3 Å². The predicted octanol–water partition coefficient (Wildman–Crippen LogP) is 1.92. The Kier molecular flexibility index (Phi) is 2.57. The van der Waals surface area contributed by atoms with Gasteiger partial charge in [-0.15, -0.1) is 6.42 Å². The summed E-state index contributed by atoms with van der Waals surface area (Å²) in [6.07, 6.45) is 11.7. The van der Waals surface area contributed by atoms with Crippen molar-refractivity contribution in [1.82, 2.24) is 0 Å². The van der Waals surface area contributed by atoms with Gasteiger partial charge in [0.25, 0.3) is 0 Å². The summed E-state index contributed by atoms with van der Waals surface area (Å²) in [7, 11) is 0. The van der Waals surface area contributed by atoms with Crippen molar-refractivity contribution in [3.05, 3.63) is 0 Å². The molecule has 0 aromatic heterocycles. The first-order valence-corrected chi connectivity index (χ1v) is 4.41. The van der Waals surface area contributed by atoms with Gasteiger partial charge in [0.1, 0.15) is 0 Å². The summed E-state index contributed by atoms with van der Waals surface area (Å²) in [6.45, 7) is 2.22. The van der Waals surface area contributed by atoms with Crippen LogP contribution in [0.5, 0.6) is 0 Å². The highest BCUT2D eigenvalue weighted by Gasteiger charge is 2.31. The van der Waals surface area contributed by atoms with Gasteiger partial charge < -0.3 is 5.73 Å². The summed E-state index contributed by atoms with van der Waals surface area (Å²) in [5.74, 6) is 2.65. The Morgan fingerprint density at radius 1 is 1.36 bits per heavy atom. The van der Waals surface area contributed by atoms with Gasteiger partial charge in [0.2, 0.25) is 0 Å². The normalized spacial score (nSPS) is 25.5. The van der Waals surface area contributed by atoms with Crippen molar-refractivity contribution in [2.75, 3.05) is 0 Å². The van der Waals surface area contributed by atoms with Gasteiger partial charge in [-0.2, -0.15) is 0 Å². The highest BCUT2D eigenvalue weighted by atomic mass is 14.7. The van der Waals surface area contributed by atoms with E-state index in [0.29, 0.717) is 0 Å². The number of hydrogen-bond donors (Lipinski definition) is 1. The molecule has 0 radical (unpaired) electrons. The average Bonchev–Trinajstić information content (AvgIpc) is 2.04. The van der Waals surface area contributed by atoms with Crippen molar-refractivity contribution >= 4 is 0 Å². The minimum Gasteiger partial charge on any atom is -0.317 e. The lowest BCUT2D eigenvalue weighted by Gasteiger charge is -2.36. The van der Waals surface area contributed by atoms with Crippen LogP contribution < -0.4 is 5.73 Å². The lowest BCUT2D eigenvalue weighted by molar-refractivity contribution is 0.197. The van der Waals surface area contributed by atoms with E-state index in [-0.39, 0.29) is 11.5 Å². The largest absolute Gasteiger partial charge is 0.317 e. The molecule has 1 saturated carbocycles. The fourth-order valence-corrected chi connectivity index (χ4v) is 1.87. The summed E-state index contributed by atoms with van der Waals surface area (Å²) in [5, 5.41) is 0. The van der Waals surface area contributed by atoms with Crippen LogP contribution in [0.15, 0.2) is 0 Å². The highest BCUT2D eigenvalue weighted by molar-refractivity contribution is 5.06. The van der Waals surface area contributed by atoms with E-state index in [2.05, 4.69) is 12.8 Å². The third kappa shape index (κ3) is 1.75. The maximum absolute atomic E-state index is 5.85. The maximum atomic E-state index is 5.85. The van der Waals surface area contributed by atoms with Crippen LogP contribution in [0, 0.1) is 17.8 Å². The van der Waals surface area contributed by atoms with Crippen LogP contribution in [-0.4, -0.2) is 6.04 Å². The quantitative estimate of drug-likeness (QED) is 0.569. The van der Waals surface area contributed by atoms with E-state index in [0.717, 1.165) is 0 Å². The minimum atomic E-state index is -0.0391. The molecule has 0 saturated heterocycles. The topological polar surface area (TPSA) is 26.0 Å². The molecule has 0 aromatic carbocycles. The molecule has 2 N–H and O–H groups in total. The Morgan fingerprint density at radius 2 is 1.91 bits per heavy atom. The molecular formula is C10H17N. The van der Waals surface area contributed by atoms with Crippen LogP contribution in [0.1, 0.15) is 39.0 Å². The Balaban J connectivity index is 2.57. The maximum Gasteiger partial charge on any atom is 0.0716 e. The highest BCUT2D eigenvalue weighted by Crippen LogP contribution is 2.37. The van der Waals surface area contributed by atoms with Gasteiger partial charge in [0.15, 0.2) is 0 Å². The molecule has 1 nitrogen and oxygen atoms in total. The van der Waals surface area contributed by atoms with Crippen LogP contribution in [0.3, 0.4) is 0 Å². The second-order valence-electron chi connectivity index (χ2n) is 3.86. The first-order valence-electron chi connectivity index (χ1n) is 4.41. The molecule has 0 aliphatic heterocycles. The Bertz CT molecular complexity index is 160. The first-order chi connectivity index (χ1) is 5.19. The predicted molar refractivity (Wildman–Crippen MR) is 48.0 cm³/mol. The molecule has 1 aliphatic carbocycles. The van der Waals surface area contributed by atoms with E-state index in [1.807, 2.05) is 0 Å². The first kappa shape index (κ1) is 8.62. The van der Waals surface area contributed by atoms with Crippen LogP contribution >= 0.6 is 0 Å². The third-order valence-electron chi connectivity index (χ3n) is 2.93. The van der Waals surface area contributed by atoms with Gasteiger partial charge in [-0.1, -0.05) is 32.1 Å². The van der Waals surface area contributed by atoms with Gasteiger partial charge >= 0.3 is 0 Å². The number of terminal acetylenes is 1. The smallest absolute Gasteiger partial charge is 0.0716 e. The monoisotopic (exact) mass is 151 g/mol. The molecule has 0 heterocycles. The van der Waals surface area contributed by atoms with Gasteiger partial charge in [-0.25, -0.2) is 0 Å². The van der Waals surface area contributed by atoms with Crippen molar-refractivity contribution in [2.45, 2.75) is 45.1 Å². The molecule has 11 heavy (non-hydrogen) atoms. The fraction of sp³-hybridized carbons (Fsp3) is 0.800. The molecule has 0 spiro atoms.